The number of nitrogen functional groups attached to an aromatic ring is 1. The molecule has 0 spiro atoms. The Morgan fingerprint density at radius 1 is 1.50 bits per heavy atom. The lowest BCUT2D eigenvalue weighted by atomic mass is 10.4. The van der Waals surface area contributed by atoms with Crippen molar-refractivity contribution in [1.82, 2.24) is 14.9 Å². The van der Waals surface area contributed by atoms with E-state index in [1.807, 2.05) is 19.0 Å². The molecule has 4 nitrogen and oxygen atoms in total. The van der Waals surface area contributed by atoms with E-state index in [9.17, 15) is 0 Å². The first-order valence-electron chi connectivity index (χ1n) is 3.51. The molecule has 0 unspecified atom stereocenters. The number of anilines is 1. The summed E-state index contributed by atoms with van der Waals surface area (Å²) in [5.41, 5.74) is 6.24. The maximum absolute atomic E-state index is 5.68. The Kier molecular flexibility index (Phi) is 2.83. The SMILES string of the molecule is CN(C)Cc1cc(Cl)nc(N)n1. The van der Waals surface area contributed by atoms with E-state index in [0.29, 0.717) is 11.7 Å². The first-order chi connectivity index (χ1) is 5.58. The summed E-state index contributed by atoms with van der Waals surface area (Å²) in [7, 11) is 3.90. The van der Waals surface area contributed by atoms with Crippen molar-refractivity contribution in [3.8, 4) is 0 Å². The van der Waals surface area contributed by atoms with Gasteiger partial charge in [0, 0.05) is 6.54 Å². The van der Waals surface area contributed by atoms with Gasteiger partial charge in [0.05, 0.1) is 5.69 Å². The fourth-order valence-electron chi connectivity index (χ4n) is 0.889. The van der Waals surface area contributed by atoms with Crippen LogP contribution in [0.1, 0.15) is 5.69 Å². The van der Waals surface area contributed by atoms with Crippen molar-refractivity contribution in [3.63, 3.8) is 0 Å². The van der Waals surface area contributed by atoms with E-state index in [1.54, 1.807) is 6.07 Å². The number of hydrogen-bond acceptors (Lipinski definition) is 4. The Balaban J connectivity index is 2.85. The third kappa shape index (κ3) is 2.64. The molecular weight excluding hydrogens is 176 g/mol. The number of nitrogens with two attached hydrogens (primary N) is 1. The molecule has 2 N–H and O–H groups in total. The van der Waals surface area contributed by atoms with Crippen LogP contribution in [-0.4, -0.2) is 29.0 Å². The third-order valence-corrected chi connectivity index (χ3v) is 1.44. The van der Waals surface area contributed by atoms with E-state index >= 15 is 0 Å². The molecule has 0 fully saturated rings. The van der Waals surface area contributed by atoms with Gasteiger partial charge in [-0.3, -0.25) is 0 Å². The van der Waals surface area contributed by atoms with Crippen LogP contribution in [0.25, 0.3) is 0 Å². The lowest BCUT2D eigenvalue weighted by molar-refractivity contribution is 0.397. The molecule has 1 aromatic rings. The Morgan fingerprint density at radius 3 is 2.67 bits per heavy atom. The second-order valence-corrected chi connectivity index (χ2v) is 3.17. The van der Waals surface area contributed by atoms with Crippen LogP contribution in [0.4, 0.5) is 5.95 Å². The molecule has 1 heterocycles. The first kappa shape index (κ1) is 9.22. The minimum Gasteiger partial charge on any atom is -0.368 e. The summed E-state index contributed by atoms with van der Waals surface area (Å²) in [6, 6.07) is 1.71. The van der Waals surface area contributed by atoms with Gasteiger partial charge < -0.3 is 10.6 Å². The summed E-state index contributed by atoms with van der Waals surface area (Å²) in [4.78, 5) is 9.75. The van der Waals surface area contributed by atoms with Gasteiger partial charge in [0.15, 0.2) is 0 Å². The van der Waals surface area contributed by atoms with Crippen molar-refractivity contribution in [1.29, 1.82) is 0 Å². The molecule has 0 bridgehead atoms. The molecule has 1 rings (SSSR count). The number of rotatable bonds is 2. The minimum absolute atomic E-state index is 0.222. The van der Waals surface area contributed by atoms with Gasteiger partial charge in [-0.25, -0.2) is 9.97 Å². The molecule has 12 heavy (non-hydrogen) atoms. The summed E-state index contributed by atoms with van der Waals surface area (Å²) in [6.07, 6.45) is 0. The molecule has 1 aromatic heterocycles. The van der Waals surface area contributed by atoms with E-state index < -0.39 is 0 Å². The van der Waals surface area contributed by atoms with Gasteiger partial charge in [-0.15, -0.1) is 0 Å². The fraction of sp³-hybridized carbons (Fsp3) is 0.429. The molecule has 0 aliphatic carbocycles. The van der Waals surface area contributed by atoms with Crippen LogP contribution in [0.15, 0.2) is 6.07 Å². The maximum atomic E-state index is 5.68. The molecule has 0 aromatic carbocycles. The summed E-state index contributed by atoms with van der Waals surface area (Å²) in [6.45, 7) is 0.715. The summed E-state index contributed by atoms with van der Waals surface area (Å²) in [5.74, 6) is 0.222. The van der Waals surface area contributed by atoms with Crippen LogP contribution in [0.3, 0.4) is 0 Å². The first-order valence-corrected chi connectivity index (χ1v) is 3.89. The number of hydrogen-bond donors (Lipinski definition) is 1. The highest BCUT2D eigenvalue weighted by molar-refractivity contribution is 6.29. The predicted molar refractivity (Wildman–Crippen MR) is 48.8 cm³/mol. The number of halogens is 1. The highest BCUT2D eigenvalue weighted by Crippen LogP contribution is 2.08. The molecule has 0 saturated carbocycles. The van der Waals surface area contributed by atoms with Crippen LogP contribution in [-0.2, 0) is 6.54 Å². The van der Waals surface area contributed by atoms with Gasteiger partial charge >= 0.3 is 0 Å². The van der Waals surface area contributed by atoms with Gasteiger partial charge in [0.25, 0.3) is 0 Å². The average molecular weight is 187 g/mol. The van der Waals surface area contributed by atoms with Crippen molar-refractivity contribution in [2.45, 2.75) is 6.54 Å². The average Bonchev–Trinajstić information content (AvgIpc) is 1.81. The molecule has 0 aliphatic heterocycles. The van der Waals surface area contributed by atoms with E-state index in [0.717, 1.165) is 5.69 Å². The Labute approximate surface area is 76.4 Å². The van der Waals surface area contributed by atoms with E-state index in [2.05, 4.69) is 9.97 Å². The number of aromatic nitrogens is 2. The minimum atomic E-state index is 0.222. The summed E-state index contributed by atoms with van der Waals surface area (Å²) in [5, 5.41) is 0.388. The predicted octanol–water partition coefficient (Wildman–Crippen LogP) is 0.774. The second kappa shape index (κ2) is 3.69. The van der Waals surface area contributed by atoms with Gasteiger partial charge in [-0.2, -0.15) is 0 Å². The molecule has 0 saturated heterocycles. The zero-order valence-electron chi connectivity index (χ0n) is 7.08. The highest BCUT2D eigenvalue weighted by Gasteiger charge is 2.00. The zero-order chi connectivity index (χ0) is 9.14. The van der Waals surface area contributed by atoms with E-state index in [4.69, 9.17) is 17.3 Å². The van der Waals surface area contributed by atoms with Crippen LogP contribution in [0.2, 0.25) is 5.15 Å². The van der Waals surface area contributed by atoms with Crippen molar-refractivity contribution in [2.24, 2.45) is 0 Å². The Hall–Kier alpha value is -0.870. The molecular formula is C7H11ClN4. The zero-order valence-corrected chi connectivity index (χ0v) is 7.84. The third-order valence-electron chi connectivity index (χ3n) is 1.24. The lowest BCUT2D eigenvalue weighted by Gasteiger charge is -2.08. The Bertz CT molecular complexity index is 254. The summed E-state index contributed by atoms with van der Waals surface area (Å²) < 4.78 is 0. The van der Waals surface area contributed by atoms with Gasteiger partial charge in [-0.1, -0.05) is 11.6 Å². The maximum Gasteiger partial charge on any atom is 0.221 e. The highest BCUT2D eigenvalue weighted by atomic mass is 35.5. The van der Waals surface area contributed by atoms with Crippen molar-refractivity contribution in [2.75, 3.05) is 19.8 Å². The molecule has 0 atom stereocenters. The largest absolute Gasteiger partial charge is 0.368 e. The standard InChI is InChI=1S/C7H11ClN4/c1-12(2)4-5-3-6(8)11-7(9)10-5/h3H,4H2,1-2H3,(H2,9,10,11). The van der Waals surface area contributed by atoms with E-state index in [1.165, 1.54) is 0 Å². The summed E-state index contributed by atoms with van der Waals surface area (Å²) >= 11 is 5.68. The van der Waals surface area contributed by atoms with Gasteiger partial charge in [0.1, 0.15) is 5.15 Å². The Morgan fingerprint density at radius 2 is 2.17 bits per heavy atom. The molecule has 66 valence electrons. The monoisotopic (exact) mass is 186 g/mol. The van der Waals surface area contributed by atoms with Crippen LogP contribution >= 0.6 is 11.6 Å². The molecule has 5 heteroatoms. The molecule has 0 radical (unpaired) electrons. The van der Waals surface area contributed by atoms with Gasteiger partial charge in [0.2, 0.25) is 5.95 Å². The molecule has 0 aliphatic rings. The number of nitrogens with zero attached hydrogens (tertiary/aromatic N) is 3. The fourth-order valence-corrected chi connectivity index (χ4v) is 1.10. The normalized spacial score (nSPS) is 10.7. The second-order valence-electron chi connectivity index (χ2n) is 2.78. The van der Waals surface area contributed by atoms with E-state index in [-0.39, 0.29) is 5.95 Å². The smallest absolute Gasteiger partial charge is 0.221 e. The van der Waals surface area contributed by atoms with Crippen molar-refractivity contribution < 1.29 is 0 Å². The lowest BCUT2D eigenvalue weighted by Crippen LogP contribution is -2.12. The quantitative estimate of drug-likeness (QED) is 0.694. The van der Waals surface area contributed by atoms with Crippen LogP contribution < -0.4 is 5.73 Å². The molecule has 0 amide bonds. The van der Waals surface area contributed by atoms with Crippen molar-refractivity contribution >= 4 is 17.5 Å². The van der Waals surface area contributed by atoms with Crippen LogP contribution in [0.5, 0.6) is 0 Å². The topological polar surface area (TPSA) is 55.0 Å². The van der Waals surface area contributed by atoms with Gasteiger partial charge in [-0.05, 0) is 20.2 Å². The van der Waals surface area contributed by atoms with Crippen molar-refractivity contribution in [3.05, 3.63) is 16.9 Å². The van der Waals surface area contributed by atoms with Crippen LogP contribution in [0, 0.1) is 0 Å².